The molecule has 1 radical (unpaired) electrons. The van der Waals surface area contributed by atoms with E-state index in [4.69, 9.17) is 0 Å². The molecule has 0 saturated heterocycles. The van der Waals surface area contributed by atoms with Gasteiger partial charge in [0.1, 0.15) is 0 Å². The summed E-state index contributed by atoms with van der Waals surface area (Å²) in [5, 5.41) is 0. The van der Waals surface area contributed by atoms with Gasteiger partial charge >= 0.3 is 0 Å². The SMILES string of the molecule is C/C(=C(\c1ccc(C)cc1)[C-](C)C)[C-](C)C.[Y]. The molecule has 0 aliphatic rings. The summed E-state index contributed by atoms with van der Waals surface area (Å²) in [7, 11) is 0. The Morgan fingerprint density at radius 1 is 0.882 bits per heavy atom. The van der Waals surface area contributed by atoms with E-state index in [0.29, 0.717) is 0 Å². The van der Waals surface area contributed by atoms with Gasteiger partial charge in [-0.1, -0.05) is 17.7 Å². The summed E-state index contributed by atoms with van der Waals surface area (Å²) in [5.74, 6) is 2.76. The molecule has 0 bridgehead atoms. The third-order valence-electron chi connectivity index (χ3n) is 2.97. The maximum Gasteiger partial charge on any atom is 0 e. The van der Waals surface area contributed by atoms with Crippen molar-refractivity contribution < 1.29 is 32.7 Å². The van der Waals surface area contributed by atoms with E-state index in [9.17, 15) is 0 Å². The van der Waals surface area contributed by atoms with Crippen LogP contribution in [0.25, 0.3) is 5.57 Å². The Bertz CT molecular complexity index is 369. The maximum atomic E-state index is 2.21. The molecular formula is C16H22Y-2. The van der Waals surface area contributed by atoms with Gasteiger partial charge in [0.15, 0.2) is 0 Å². The van der Waals surface area contributed by atoms with Gasteiger partial charge in [0.2, 0.25) is 0 Å². The van der Waals surface area contributed by atoms with E-state index in [1.54, 1.807) is 0 Å². The second-order valence-corrected chi connectivity index (χ2v) is 4.87. The van der Waals surface area contributed by atoms with E-state index in [2.05, 4.69) is 65.8 Å². The van der Waals surface area contributed by atoms with E-state index in [0.717, 1.165) is 0 Å². The molecule has 0 atom stereocenters. The second-order valence-electron chi connectivity index (χ2n) is 4.87. The predicted octanol–water partition coefficient (Wildman–Crippen LogP) is 4.99. The van der Waals surface area contributed by atoms with Gasteiger partial charge in [0, 0.05) is 32.7 Å². The summed E-state index contributed by atoms with van der Waals surface area (Å²) in [5.41, 5.74) is 5.42. The van der Waals surface area contributed by atoms with Crippen LogP contribution in [0.1, 0.15) is 45.7 Å². The van der Waals surface area contributed by atoms with Crippen LogP contribution in [-0.2, 0) is 32.7 Å². The minimum Gasteiger partial charge on any atom is -0.332 e. The molecule has 0 spiro atoms. The smallest absolute Gasteiger partial charge is 0 e. The fraction of sp³-hybridized carbons (Fsp3) is 0.375. The topological polar surface area (TPSA) is 0 Å². The zero-order valence-electron chi connectivity index (χ0n) is 11.9. The van der Waals surface area contributed by atoms with E-state index < -0.39 is 0 Å². The van der Waals surface area contributed by atoms with Crippen molar-refractivity contribution in [2.45, 2.75) is 41.5 Å². The molecule has 0 aliphatic heterocycles. The van der Waals surface area contributed by atoms with Crippen molar-refractivity contribution in [2.75, 3.05) is 0 Å². The fourth-order valence-corrected chi connectivity index (χ4v) is 1.85. The molecule has 0 fully saturated rings. The van der Waals surface area contributed by atoms with Crippen LogP contribution in [-0.4, -0.2) is 0 Å². The first kappa shape index (κ1) is 16.8. The molecule has 0 nitrogen and oxygen atoms in total. The molecule has 0 amide bonds. The molecule has 0 N–H and O–H groups in total. The minimum absolute atomic E-state index is 0. The molecule has 0 aromatic heterocycles. The Morgan fingerprint density at radius 2 is 1.35 bits per heavy atom. The van der Waals surface area contributed by atoms with E-state index in [1.807, 2.05) is 0 Å². The summed E-state index contributed by atoms with van der Waals surface area (Å²) >= 11 is 0. The molecule has 0 heterocycles. The molecule has 1 heteroatoms. The Morgan fingerprint density at radius 3 is 1.71 bits per heavy atom. The fourth-order valence-electron chi connectivity index (χ4n) is 1.85. The first-order valence-electron chi connectivity index (χ1n) is 5.82. The normalized spacial score (nSPS) is 11.4. The number of benzene rings is 1. The van der Waals surface area contributed by atoms with Crippen LogP contribution in [0.5, 0.6) is 0 Å². The van der Waals surface area contributed by atoms with Crippen molar-refractivity contribution in [1.82, 2.24) is 0 Å². The first-order valence-corrected chi connectivity index (χ1v) is 5.82. The van der Waals surface area contributed by atoms with Gasteiger partial charge in [-0.25, -0.2) is 5.56 Å². The van der Waals surface area contributed by atoms with Gasteiger partial charge in [0.25, 0.3) is 0 Å². The van der Waals surface area contributed by atoms with Gasteiger partial charge in [-0.05, 0) is 6.92 Å². The molecule has 1 aromatic rings. The van der Waals surface area contributed by atoms with Gasteiger partial charge in [-0.15, -0.1) is 46.8 Å². The number of aryl methyl sites for hydroxylation is 1. The third kappa shape index (κ3) is 4.52. The van der Waals surface area contributed by atoms with E-state index in [1.165, 1.54) is 34.1 Å². The van der Waals surface area contributed by atoms with E-state index in [-0.39, 0.29) is 32.7 Å². The average Bonchev–Trinajstić information content (AvgIpc) is 2.20. The van der Waals surface area contributed by atoms with Crippen molar-refractivity contribution in [3.05, 3.63) is 52.8 Å². The molecule has 1 aromatic carbocycles. The van der Waals surface area contributed by atoms with Crippen molar-refractivity contribution >= 4 is 5.57 Å². The largest absolute Gasteiger partial charge is 0.332 e. The van der Waals surface area contributed by atoms with Crippen LogP contribution in [0, 0.1) is 18.8 Å². The van der Waals surface area contributed by atoms with Crippen molar-refractivity contribution in [1.29, 1.82) is 0 Å². The molecule has 0 saturated carbocycles. The van der Waals surface area contributed by atoms with Gasteiger partial charge in [0.05, 0.1) is 0 Å². The molecule has 1 rings (SSSR count). The molecule has 91 valence electrons. The average molecular weight is 303 g/mol. The quantitative estimate of drug-likeness (QED) is 0.690. The van der Waals surface area contributed by atoms with Crippen LogP contribution in [0.2, 0.25) is 0 Å². The zero-order valence-corrected chi connectivity index (χ0v) is 14.7. The molecule has 0 aliphatic carbocycles. The Balaban J connectivity index is 0.00000256. The summed E-state index contributed by atoms with van der Waals surface area (Å²) in [6.07, 6.45) is 0. The summed E-state index contributed by atoms with van der Waals surface area (Å²) in [6.45, 7) is 13.0. The van der Waals surface area contributed by atoms with Crippen LogP contribution in [0.3, 0.4) is 0 Å². The van der Waals surface area contributed by atoms with Crippen LogP contribution in [0.15, 0.2) is 29.8 Å². The first-order chi connectivity index (χ1) is 7.43. The standard InChI is InChI=1S/C16H22.Y/c1-11(2)14(6)16(12(3)4)15-9-7-13(5)8-10-15;/h7-10H,1-6H3;/q-2;/b16-14+;. The Hall–Kier alpha value is -0.196. The minimum atomic E-state index is 0. The zero-order chi connectivity index (χ0) is 12.3. The number of hydrogen-bond donors (Lipinski definition) is 0. The number of rotatable bonds is 3. The van der Waals surface area contributed by atoms with Crippen LogP contribution >= 0.6 is 0 Å². The van der Waals surface area contributed by atoms with Crippen molar-refractivity contribution in [2.24, 2.45) is 0 Å². The monoisotopic (exact) mass is 303 g/mol. The van der Waals surface area contributed by atoms with Crippen molar-refractivity contribution in [3.63, 3.8) is 0 Å². The predicted molar refractivity (Wildman–Crippen MR) is 73.0 cm³/mol. The van der Waals surface area contributed by atoms with Crippen molar-refractivity contribution in [3.8, 4) is 0 Å². The number of allylic oxidation sites excluding steroid dienone is 2. The summed E-state index contributed by atoms with van der Waals surface area (Å²) in [6, 6.07) is 8.78. The van der Waals surface area contributed by atoms with Gasteiger partial charge < -0.3 is 11.1 Å². The Kier molecular flexibility index (Phi) is 7.20. The Labute approximate surface area is 132 Å². The summed E-state index contributed by atoms with van der Waals surface area (Å²) in [4.78, 5) is 0. The van der Waals surface area contributed by atoms with Gasteiger partial charge in [-0.2, -0.15) is 0 Å². The maximum absolute atomic E-state index is 2.21. The molecular weight excluding hydrogens is 281 g/mol. The summed E-state index contributed by atoms with van der Waals surface area (Å²) < 4.78 is 0. The number of hydrogen-bond acceptors (Lipinski definition) is 0. The second kappa shape index (κ2) is 7.29. The van der Waals surface area contributed by atoms with Crippen LogP contribution < -0.4 is 0 Å². The van der Waals surface area contributed by atoms with Crippen LogP contribution in [0.4, 0.5) is 0 Å². The van der Waals surface area contributed by atoms with E-state index >= 15 is 0 Å². The molecule has 17 heavy (non-hydrogen) atoms. The third-order valence-corrected chi connectivity index (χ3v) is 2.97. The van der Waals surface area contributed by atoms with Gasteiger partial charge in [-0.3, -0.25) is 11.8 Å². The molecule has 0 unspecified atom stereocenters.